The number of fused-ring (bicyclic) bond motifs is 1. The first-order valence-electron chi connectivity index (χ1n) is 9.52. The second-order valence-corrected chi connectivity index (χ2v) is 9.45. The van der Waals surface area contributed by atoms with Gasteiger partial charge in [-0.2, -0.15) is 0 Å². The quantitative estimate of drug-likeness (QED) is 0.188. The molecule has 33 heavy (non-hydrogen) atoms. The molecule has 1 aromatic heterocycles. The van der Waals surface area contributed by atoms with Crippen LogP contribution in [0.3, 0.4) is 0 Å². The van der Waals surface area contributed by atoms with Crippen LogP contribution in [0.4, 0.5) is 17.1 Å². The number of nitrogens with zero attached hydrogens (tertiary/aromatic N) is 2. The van der Waals surface area contributed by atoms with Crippen molar-refractivity contribution in [1.82, 2.24) is 4.98 Å². The van der Waals surface area contributed by atoms with E-state index in [1.54, 1.807) is 30.3 Å². The molecule has 2 N–H and O–H groups in total. The molecule has 0 saturated heterocycles. The maximum absolute atomic E-state index is 12.4. The summed E-state index contributed by atoms with van der Waals surface area (Å²) in [6.45, 7) is 0. The monoisotopic (exact) mass is 498 g/mol. The summed E-state index contributed by atoms with van der Waals surface area (Å²) in [7, 11) is 0. The normalized spacial score (nSPS) is 10.7. The van der Waals surface area contributed by atoms with E-state index in [9.17, 15) is 19.7 Å². The van der Waals surface area contributed by atoms with E-state index in [4.69, 9.17) is 11.6 Å². The number of amides is 2. The summed E-state index contributed by atoms with van der Waals surface area (Å²) < 4.78 is 1.59. The molecule has 0 saturated carbocycles. The number of carbonyl (C=O) groups excluding carboxylic acids is 2. The molecule has 4 rings (SSSR count). The number of thioether (sulfide) groups is 1. The molecule has 0 aliphatic heterocycles. The molecule has 11 heteroatoms. The SMILES string of the molecule is O=C(CSc1nc2ccc(NC(=O)c3ccc(Cl)cc3)cc2s1)Nc1ccc([N+](=O)[O-])cc1. The zero-order valence-electron chi connectivity index (χ0n) is 16.8. The van der Waals surface area contributed by atoms with Gasteiger partial charge in [-0.25, -0.2) is 4.98 Å². The standard InChI is InChI=1S/C22H15ClN4O4S2/c23-14-3-1-13(2-4-14)21(29)25-16-7-10-18-19(11-16)33-22(26-18)32-12-20(28)24-15-5-8-17(9-6-15)27(30)31/h1-11H,12H2,(H,24,28)(H,25,29). The van der Waals surface area contributed by atoms with Gasteiger partial charge in [0.1, 0.15) is 0 Å². The Bertz CT molecular complexity index is 1340. The lowest BCUT2D eigenvalue weighted by molar-refractivity contribution is -0.384. The van der Waals surface area contributed by atoms with Gasteiger partial charge < -0.3 is 10.6 Å². The van der Waals surface area contributed by atoms with E-state index in [-0.39, 0.29) is 23.3 Å². The molecule has 0 fully saturated rings. The van der Waals surface area contributed by atoms with Crippen LogP contribution in [0.2, 0.25) is 5.02 Å². The van der Waals surface area contributed by atoms with Gasteiger partial charge in [0.2, 0.25) is 5.91 Å². The number of nitro benzene ring substituents is 1. The van der Waals surface area contributed by atoms with Crippen molar-refractivity contribution in [2.75, 3.05) is 16.4 Å². The molecule has 166 valence electrons. The summed E-state index contributed by atoms with van der Waals surface area (Å²) in [5.41, 5.74) is 2.34. The minimum absolute atomic E-state index is 0.0411. The molecule has 0 bridgehead atoms. The fraction of sp³-hybridized carbons (Fsp3) is 0.0455. The van der Waals surface area contributed by atoms with Gasteiger partial charge in [0.25, 0.3) is 11.6 Å². The Morgan fingerprint density at radius 3 is 2.39 bits per heavy atom. The Kier molecular flexibility index (Phi) is 6.87. The minimum Gasteiger partial charge on any atom is -0.325 e. The highest BCUT2D eigenvalue weighted by Crippen LogP contribution is 2.31. The highest BCUT2D eigenvalue weighted by molar-refractivity contribution is 8.01. The van der Waals surface area contributed by atoms with E-state index in [2.05, 4.69) is 15.6 Å². The van der Waals surface area contributed by atoms with Crippen LogP contribution in [0.15, 0.2) is 71.1 Å². The summed E-state index contributed by atoms with van der Waals surface area (Å²) in [5.74, 6) is -0.353. The van der Waals surface area contributed by atoms with Gasteiger partial charge in [0.05, 0.1) is 20.9 Å². The number of carbonyl (C=O) groups is 2. The molecule has 0 atom stereocenters. The van der Waals surface area contributed by atoms with Gasteiger partial charge >= 0.3 is 0 Å². The van der Waals surface area contributed by atoms with Crippen LogP contribution in [-0.2, 0) is 4.79 Å². The molecule has 3 aromatic carbocycles. The highest BCUT2D eigenvalue weighted by Gasteiger charge is 2.11. The number of non-ortho nitro benzene ring substituents is 1. The lowest BCUT2D eigenvalue weighted by atomic mass is 10.2. The molecule has 0 spiro atoms. The third-order valence-electron chi connectivity index (χ3n) is 4.42. The lowest BCUT2D eigenvalue weighted by Gasteiger charge is -2.05. The largest absolute Gasteiger partial charge is 0.325 e. The Hall–Kier alpha value is -3.47. The van der Waals surface area contributed by atoms with Crippen LogP contribution in [0, 0.1) is 10.1 Å². The first kappa shape index (κ1) is 22.7. The second kappa shape index (κ2) is 9.99. The Balaban J connectivity index is 1.36. The van der Waals surface area contributed by atoms with Crippen molar-refractivity contribution in [3.8, 4) is 0 Å². The molecule has 1 heterocycles. The fourth-order valence-electron chi connectivity index (χ4n) is 2.84. The lowest BCUT2D eigenvalue weighted by Crippen LogP contribution is -2.13. The van der Waals surface area contributed by atoms with Crippen molar-refractivity contribution in [2.24, 2.45) is 0 Å². The van der Waals surface area contributed by atoms with Crippen LogP contribution in [0.1, 0.15) is 10.4 Å². The molecule has 0 radical (unpaired) electrons. The van der Waals surface area contributed by atoms with E-state index in [0.717, 1.165) is 10.2 Å². The molecule has 0 aliphatic rings. The van der Waals surface area contributed by atoms with Crippen molar-refractivity contribution >= 4 is 73.8 Å². The minimum atomic E-state index is -0.497. The number of hydrogen-bond acceptors (Lipinski definition) is 7. The number of hydrogen-bond donors (Lipinski definition) is 2. The van der Waals surface area contributed by atoms with Crippen molar-refractivity contribution in [3.63, 3.8) is 0 Å². The molecular formula is C22H15ClN4O4S2. The average molecular weight is 499 g/mol. The summed E-state index contributed by atoms with van der Waals surface area (Å²) >= 11 is 8.56. The topological polar surface area (TPSA) is 114 Å². The van der Waals surface area contributed by atoms with Crippen molar-refractivity contribution < 1.29 is 14.5 Å². The van der Waals surface area contributed by atoms with Crippen molar-refractivity contribution in [3.05, 3.63) is 87.4 Å². The van der Waals surface area contributed by atoms with E-state index in [1.807, 2.05) is 12.1 Å². The summed E-state index contributed by atoms with van der Waals surface area (Å²) in [6, 6.07) is 17.7. The predicted octanol–water partition coefficient (Wildman–Crippen LogP) is 5.84. The molecule has 0 aliphatic carbocycles. The van der Waals surface area contributed by atoms with E-state index >= 15 is 0 Å². The number of nitrogens with one attached hydrogen (secondary N) is 2. The number of rotatable bonds is 7. The second-order valence-electron chi connectivity index (χ2n) is 6.76. The number of thiazole rings is 1. The molecule has 4 aromatic rings. The third-order valence-corrected chi connectivity index (χ3v) is 6.83. The van der Waals surface area contributed by atoms with E-state index in [1.165, 1.54) is 47.4 Å². The number of anilines is 2. The first-order valence-corrected chi connectivity index (χ1v) is 11.7. The predicted molar refractivity (Wildman–Crippen MR) is 131 cm³/mol. The van der Waals surface area contributed by atoms with Crippen molar-refractivity contribution in [1.29, 1.82) is 0 Å². The summed E-state index contributed by atoms with van der Waals surface area (Å²) in [6.07, 6.45) is 0. The first-order chi connectivity index (χ1) is 15.9. The average Bonchev–Trinajstić information content (AvgIpc) is 3.21. The number of benzene rings is 3. The van der Waals surface area contributed by atoms with Gasteiger partial charge in [0, 0.05) is 34.1 Å². The van der Waals surface area contributed by atoms with E-state index in [0.29, 0.717) is 26.3 Å². The number of nitro groups is 1. The number of aromatic nitrogens is 1. The summed E-state index contributed by atoms with van der Waals surface area (Å²) in [4.78, 5) is 39.3. The van der Waals surface area contributed by atoms with Crippen LogP contribution in [-0.4, -0.2) is 27.5 Å². The van der Waals surface area contributed by atoms with Crippen LogP contribution in [0.25, 0.3) is 10.2 Å². The molecular weight excluding hydrogens is 484 g/mol. The molecule has 8 nitrogen and oxygen atoms in total. The molecule has 0 unspecified atom stereocenters. The van der Waals surface area contributed by atoms with Gasteiger partial charge in [-0.1, -0.05) is 23.4 Å². The van der Waals surface area contributed by atoms with Crippen LogP contribution < -0.4 is 10.6 Å². The zero-order chi connectivity index (χ0) is 23.4. The fourth-order valence-corrected chi connectivity index (χ4v) is 4.87. The van der Waals surface area contributed by atoms with Crippen LogP contribution in [0.5, 0.6) is 0 Å². The maximum atomic E-state index is 12.4. The van der Waals surface area contributed by atoms with E-state index < -0.39 is 4.92 Å². The Morgan fingerprint density at radius 2 is 1.70 bits per heavy atom. The van der Waals surface area contributed by atoms with Crippen molar-refractivity contribution in [2.45, 2.75) is 4.34 Å². The number of halogens is 1. The maximum Gasteiger partial charge on any atom is 0.269 e. The summed E-state index contributed by atoms with van der Waals surface area (Å²) in [5, 5.41) is 16.8. The van der Waals surface area contributed by atoms with Gasteiger partial charge in [-0.3, -0.25) is 19.7 Å². The highest BCUT2D eigenvalue weighted by atomic mass is 35.5. The van der Waals surface area contributed by atoms with Gasteiger partial charge in [-0.05, 0) is 54.6 Å². The van der Waals surface area contributed by atoms with Crippen LogP contribution >= 0.6 is 34.7 Å². The van der Waals surface area contributed by atoms with Gasteiger partial charge in [0.15, 0.2) is 4.34 Å². The zero-order valence-corrected chi connectivity index (χ0v) is 19.2. The Morgan fingerprint density at radius 1 is 1.00 bits per heavy atom. The smallest absolute Gasteiger partial charge is 0.269 e. The molecule has 2 amide bonds. The third kappa shape index (κ3) is 5.86. The Labute approximate surface area is 201 Å². The van der Waals surface area contributed by atoms with Gasteiger partial charge in [-0.15, -0.1) is 11.3 Å².